The van der Waals surface area contributed by atoms with Gasteiger partial charge in [0.25, 0.3) is 5.91 Å². The Morgan fingerprint density at radius 2 is 1.68 bits per heavy atom. The number of anilines is 2. The molecule has 4 aromatic rings. The Morgan fingerprint density at radius 1 is 0.919 bits per heavy atom. The van der Waals surface area contributed by atoms with Crippen molar-refractivity contribution in [3.63, 3.8) is 0 Å². The minimum Gasteiger partial charge on any atom is -0.486 e. The number of para-hydroxylation sites is 1. The van der Waals surface area contributed by atoms with Gasteiger partial charge in [-0.15, -0.1) is 0 Å². The number of fused-ring (bicyclic) bond motifs is 2. The van der Waals surface area contributed by atoms with Gasteiger partial charge in [-0.05, 0) is 54.4 Å². The van der Waals surface area contributed by atoms with E-state index in [2.05, 4.69) is 32.0 Å². The van der Waals surface area contributed by atoms with Crippen LogP contribution in [0.1, 0.15) is 22.8 Å². The van der Waals surface area contributed by atoms with Crippen LogP contribution in [0.4, 0.5) is 11.4 Å². The monoisotopic (exact) mass is 497 g/mol. The van der Waals surface area contributed by atoms with Gasteiger partial charge in [-0.25, -0.2) is 0 Å². The standard InChI is InChI=1S/C28H27N5O4/c1-18(34)31-21-8-6-19(7-9-21)27(35)33-28(32-22-10-11-25-26(16-22)37-15-14-36-25)29-13-12-20-17-30-24-5-3-2-4-23(20)24/h2-11,16-17,30H,12-15H2,1H3,(H,31,34)(H2,29,32,33,35). The Balaban J connectivity index is 1.33. The zero-order valence-corrected chi connectivity index (χ0v) is 20.3. The second kappa shape index (κ2) is 10.9. The maximum Gasteiger partial charge on any atom is 0.257 e. The first-order chi connectivity index (χ1) is 18.0. The zero-order chi connectivity index (χ0) is 25.6. The summed E-state index contributed by atoms with van der Waals surface area (Å²) in [6.45, 7) is 2.88. The first-order valence-electron chi connectivity index (χ1n) is 12.0. The van der Waals surface area contributed by atoms with Gasteiger partial charge in [0.2, 0.25) is 11.9 Å². The number of amides is 2. The number of nitrogens with zero attached hydrogens (tertiary/aromatic N) is 1. The summed E-state index contributed by atoms with van der Waals surface area (Å²) in [7, 11) is 0. The molecule has 9 nitrogen and oxygen atoms in total. The minimum absolute atomic E-state index is 0.176. The average Bonchev–Trinajstić information content (AvgIpc) is 3.31. The number of hydrogen-bond donors (Lipinski definition) is 4. The summed E-state index contributed by atoms with van der Waals surface area (Å²) in [6, 6.07) is 20.3. The van der Waals surface area contributed by atoms with Crippen molar-refractivity contribution in [2.45, 2.75) is 13.3 Å². The average molecular weight is 498 g/mol. The molecule has 0 atom stereocenters. The third-order valence-corrected chi connectivity index (χ3v) is 5.83. The van der Waals surface area contributed by atoms with Crippen LogP contribution in [0.25, 0.3) is 10.9 Å². The van der Waals surface area contributed by atoms with Crippen LogP contribution in [-0.2, 0) is 11.2 Å². The van der Waals surface area contributed by atoms with Gasteiger partial charge in [-0.1, -0.05) is 18.2 Å². The fourth-order valence-corrected chi connectivity index (χ4v) is 4.08. The number of rotatable bonds is 6. The normalized spacial score (nSPS) is 12.7. The van der Waals surface area contributed by atoms with Crippen molar-refractivity contribution in [3.8, 4) is 11.5 Å². The van der Waals surface area contributed by atoms with Crippen molar-refractivity contribution in [2.75, 3.05) is 30.4 Å². The second-order valence-electron chi connectivity index (χ2n) is 8.54. The van der Waals surface area contributed by atoms with Crippen LogP contribution in [0.2, 0.25) is 0 Å². The predicted molar refractivity (Wildman–Crippen MR) is 144 cm³/mol. The van der Waals surface area contributed by atoms with E-state index in [0.717, 1.165) is 16.5 Å². The highest BCUT2D eigenvalue weighted by molar-refractivity contribution is 6.10. The molecular weight excluding hydrogens is 470 g/mol. The topological polar surface area (TPSA) is 117 Å². The first kappa shape index (κ1) is 23.9. The summed E-state index contributed by atoms with van der Waals surface area (Å²) in [4.78, 5) is 32.2. The highest BCUT2D eigenvalue weighted by Crippen LogP contribution is 2.32. The molecule has 0 spiro atoms. The molecule has 1 aliphatic heterocycles. The number of carbonyl (C=O) groups excluding carboxylic acids is 2. The van der Waals surface area contributed by atoms with Gasteiger partial charge >= 0.3 is 0 Å². The number of hydrogen-bond acceptors (Lipinski definition) is 5. The zero-order valence-electron chi connectivity index (χ0n) is 20.3. The number of nitrogens with one attached hydrogen (secondary N) is 4. The number of aliphatic imine (C=N–C) groups is 1. The molecular formula is C28H27N5O4. The second-order valence-corrected chi connectivity index (χ2v) is 8.54. The summed E-state index contributed by atoms with van der Waals surface area (Å²) in [5, 5.41) is 9.92. The number of aromatic nitrogens is 1. The fourth-order valence-electron chi connectivity index (χ4n) is 4.08. The number of aromatic amines is 1. The Morgan fingerprint density at radius 3 is 2.49 bits per heavy atom. The van der Waals surface area contributed by atoms with Crippen molar-refractivity contribution in [1.82, 2.24) is 10.3 Å². The highest BCUT2D eigenvalue weighted by atomic mass is 16.6. The van der Waals surface area contributed by atoms with E-state index < -0.39 is 0 Å². The van der Waals surface area contributed by atoms with E-state index in [1.807, 2.05) is 42.6 Å². The molecule has 0 saturated heterocycles. The Hall–Kier alpha value is -4.79. The minimum atomic E-state index is -0.328. The molecule has 0 aliphatic carbocycles. The molecule has 0 saturated carbocycles. The lowest BCUT2D eigenvalue weighted by Crippen LogP contribution is -2.36. The summed E-state index contributed by atoms with van der Waals surface area (Å²) in [5.74, 6) is 1.12. The Bertz CT molecular complexity index is 1460. The number of carbonyl (C=O) groups is 2. The number of ether oxygens (including phenoxy) is 2. The molecule has 37 heavy (non-hydrogen) atoms. The number of guanidine groups is 1. The van der Waals surface area contributed by atoms with Crippen LogP contribution in [0.5, 0.6) is 11.5 Å². The van der Waals surface area contributed by atoms with Crippen LogP contribution >= 0.6 is 0 Å². The van der Waals surface area contributed by atoms with Crippen molar-refractivity contribution < 1.29 is 19.1 Å². The van der Waals surface area contributed by atoms with E-state index in [0.29, 0.717) is 60.6 Å². The number of H-pyrrole nitrogens is 1. The molecule has 3 aromatic carbocycles. The third-order valence-electron chi connectivity index (χ3n) is 5.83. The molecule has 0 radical (unpaired) electrons. The third kappa shape index (κ3) is 5.90. The molecule has 5 rings (SSSR count). The van der Waals surface area contributed by atoms with E-state index in [-0.39, 0.29) is 11.8 Å². The smallest absolute Gasteiger partial charge is 0.257 e. The van der Waals surface area contributed by atoms with Gasteiger partial charge in [-0.2, -0.15) is 0 Å². The SMILES string of the molecule is CC(=O)Nc1ccc(C(=O)NC(=NCCc2c[nH]c3ccccc23)Nc2ccc3c(c2)OCCO3)cc1. The van der Waals surface area contributed by atoms with Gasteiger partial charge in [0.05, 0.1) is 0 Å². The Kier molecular flexibility index (Phi) is 7.02. The quantitative estimate of drug-likeness (QED) is 0.234. The predicted octanol–water partition coefficient (Wildman–Crippen LogP) is 4.34. The van der Waals surface area contributed by atoms with Crippen molar-refractivity contribution in [2.24, 2.45) is 4.99 Å². The van der Waals surface area contributed by atoms with Crippen molar-refractivity contribution in [3.05, 3.63) is 84.1 Å². The van der Waals surface area contributed by atoms with Gasteiger partial charge < -0.3 is 25.1 Å². The highest BCUT2D eigenvalue weighted by Gasteiger charge is 2.14. The number of benzene rings is 3. The maximum atomic E-state index is 13.0. The lowest BCUT2D eigenvalue weighted by molar-refractivity contribution is -0.114. The lowest BCUT2D eigenvalue weighted by Gasteiger charge is -2.19. The molecule has 0 fully saturated rings. The molecule has 4 N–H and O–H groups in total. The maximum absolute atomic E-state index is 13.0. The molecule has 0 bridgehead atoms. The Labute approximate surface area is 213 Å². The summed E-state index contributed by atoms with van der Waals surface area (Å²) < 4.78 is 11.3. The van der Waals surface area contributed by atoms with Crippen molar-refractivity contribution >= 4 is 40.1 Å². The molecule has 9 heteroatoms. The van der Waals surface area contributed by atoms with Crippen molar-refractivity contribution in [1.29, 1.82) is 0 Å². The molecule has 0 unspecified atom stereocenters. The van der Waals surface area contributed by atoms with E-state index >= 15 is 0 Å². The van der Waals surface area contributed by atoms with Crippen LogP contribution in [0.3, 0.4) is 0 Å². The van der Waals surface area contributed by atoms with Crippen LogP contribution in [0.15, 0.2) is 77.9 Å². The molecule has 188 valence electrons. The summed E-state index contributed by atoms with van der Waals surface area (Å²) in [5.41, 5.74) is 3.98. The van der Waals surface area contributed by atoms with Gasteiger partial charge in [-0.3, -0.25) is 19.9 Å². The van der Waals surface area contributed by atoms with E-state index in [1.54, 1.807) is 24.3 Å². The van der Waals surface area contributed by atoms with E-state index in [1.165, 1.54) is 6.92 Å². The van der Waals surface area contributed by atoms with Crippen LogP contribution in [0, 0.1) is 0 Å². The van der Waals surface area contributed by atoms with E-state index in [9.17, 15) is 9.59 Å². The molecule has 1 aromatic heterocycles. The molecule has 1 aliphatic rings. The summed E-state index contributed by atoms with van der Waals surface area (Å²) >= 11 is 0. The van der Waals surface area contributed by atoms with Gasteiger partial charge in [0.15, 0.2) is 11.5 Å². The molecule has 2 heterocycles. The summed E-state index contributed by atoms with van der Waals surface area (Å²) in [6.07, 6.45) is 2.68. The van der Waals surface area contributed by atoms with Gasteiger partial charge in [0, 0.05) is 53.6 Å². The molecule has 2 amide bonds. The first-order valence-corrected chi connectivity index (χ1v) is 12.0. The van der Waals surface area contributed by atoms with Gasteiger partial charge in [0.1, 0.15) is 13.2 Å². The largest absolute Gasteiger partial charge is 0.486 e. The van der Waals surface area contributed by atoms with E-state index in [4.69, 9.17) is 9.47 Å². The fraction of sp³-hybridized carbons (Fsp3) is 0.179. The van der Waals surface area contributed by atoms with Crippen LogP contribution < -0.4 is 25.4 Å². The van der Waals surface area contributed by atoms with Crippen LogP contribution in [-0.4, -0.2) is 42.5 Å². The lowest BCUT2D eigenvalue weighted by atomic mass is 10.1.